The highest BCUT2D eigenvalue weighted by Crippen LogP contribution is 2.44. The van der Waals surface area contributed by atoms with E-state index in [0.29, 0.717) is 27.4 Å². The highest BCUT2D eigenvalue weighted by Gasteiger charge is 2.47. The summed E-state index contributed by atoms with van der Waals surface area (Å²) in [5.74, 6) is -0.698. The molecular formula is C15H10N2O3. The first kappa shape index (κ1) is 11.2. The molecule has 2 aromatic rings. The fourth-order valence-corrected chi connectivity index (χ4v) is 2.88. The SMILES string of the molecule is O=C1c2ccccc2N2C(=O)c3ccccc3[C@H]2N1O. The van der Waals surface area contributed by atoms with Crippen molar-refractivity contribution in [3.05, 3.63) is 65.2 Å². The smallest absolute Gasteiger partial charge is 0.281 e. The molecule has 20 heavy (non-hydrogen) atoms. The minimum atomic E-state index is -0.777. The van der Waals surface area contributed by atoms with Crippen molar-refractivity contribution in [2.75, 3.05) is 4.90 Å². The summed E-state index contributed by atoms with van der Waals surface area (Å²) in [5.41, 5.74) is 2.02. The first-order chi connectivity index (χ1) is 9.70. The fourth-order valence-electron chi connectivity index (χ4n) is 2.88. The molecule has 5 nitrogen and oxygen atoms in total. The maximum absolute atomic E-state index is 12.5. The third kappa shape index (κ3) is 1.20. The van der Waals surface area contributed by atoms with Gasteiger partial charge < -0.3 is 0 Å². The standard InChI is InChI=1S/C15H10N2O3/c18-14-10-6-2-1-5-9(10)13-16(14)12-8-4-3-7-11(12)15(19)17(13)20/h1-8,13,20H/t13-/m1/s1. The maximum atomic E-state index is 12.5. The van der Waals surface area contributed by atoms with Crippen LogP contribution < -0.4 is 4.90 Å². The molecule has 4 rings (SSSR count). The molecule has 0 aromatic heterocycles. The van der Waals surface area contributed by atoms with E-state index in [-0.39, 0.29) is 5.91 Å². The molecule has 0 aliphatic carbocycles. The first-order valence-electron chi connectivity index (χ1n) is 6.24. The number of hydrogen-bond acceptors (Lipinski definition) is 3. The molecule has 98 valence electrons. The molecule has 0 fully saturated rings. The maximum Gasteiger partial charge on any atom is 0.281 e. The molecule has 1 N–H and O–H groups in total. The van der Waals surface area contributed by atoms with Gasteiger partial charge >= 0.3 is 0 Å². The number of amides is 2. The summed E-state index contributed by atoms with van der Waals surface area (Å²) in [6.45, 7) is 0. The largest absolute Gasteiger partial charge is 0.283 e. The quantitative estimate of drug-likeness (QED) is 0.743. The van der Waals surface area contributed by atoms with Crippen molar-refractivity contribution in [3.63, 3.8) is 0 Å². The number of benzene rings is 2. The molecule has 1 atom stereocenters. The Hall–Kier alpha value is -2.66. The van der Waals surface area contributed by atoms with Crippen LogP contribution in [0, 0.1) is 0 Å². The average molecular weight is 266 g/mol. The van der Waals surface area contributed by atoms with Crippen molar-refractivity contribution in [2.24, 2.45) is 0 Å². The lowest BCUT2D eigenvalue weighted by molar-refractivity contribution is -0.0901. The van der Waals surface area contributed by atoms with Gasteiger partial charge in [-0.15, -0.1) is 0 Å². The molecule has 0 bridgehead atoms. The lowest BCUT2D eigenvalue weighted by Crippen LogP contribution is -2.46. The van der Waals surface area contributed by atoms with Gasteiger partial charge in [-0.25, -0.2) is 0 Å². The number of nitrogens with zero attached hydrogens (tertiary/aromatic N) is 2. The molecule has 2 aromatic carbocycles. The van der Waals surface area contributed by atoms with Crippen molar-refractivity contribution in [3.8, 4) is 0 Å². The first-order valence-corrected chi connectivity index (χ1v) is 6.24. The molecule has 0 radical (unpaired) electrons. The summed E-state index contributed by atoms with van der Waals surface area (Å²) in [6.07, 6.45) is -0.777. The number of carbonyl (C=O) groups is 2. The van der Waals surface area contributed by atoms with Crippen molar-refractivity contribution in [2.45, 2.75) is 6.17 Å². The second-order valence-electron chi connectivity index (χ2n) is 4.80. The van der Waals surface area contributed by atoms with E-state index in [9.17, 15) is 14.8 Å². The molecule has 0 saturated carbocycles. The molecule has 0 spiro atoms. The lowest BCUT2D eigenvalue weighted by Gasteiger charge is -2.36. The van der Waals surface area contributed by atoms with Crippen molar-refractivity contribution in [1.29, 1.82) is 0 Å². The number of para-hydroxylation sites is 1. The van der Waals surface area contributed by atoms with Crippen LogP contribution in [0.25, 0.3) is 0 Å². The van der Waals surface area contributed by atoms with Gasteiger partial charge in [0.2, 0.25) is 0 Å². The van der Waals surface area contributed by atoms with Gasteiger partial charge in [0.05, 0.1) is 11.3 Å². The van der Waals surface area contributed by atoms with E-state index in [1.165, 1.54) is 4.90 Å². The summed E-state index contributed by atoms with van der Waals surface area (Å²) >= 11 is 0. The highest BCUT2D eigenvalue weighted by molar-refractivity contribution is 6.16. The van der Waals surface area contributed by atoms with Gasteiger partial charge in [-0.05, 0) is 18.2 Å². The minimum absolute atomic E-state index is 0.204. The van der Waals surface area contributed by atoms with Crippen LogP contribution in [0.1, 0.15) is 32.4 Å². The second-order valence-corrected chi connectivity index (χ2v) is 4.80. The number of fused-ring (bicyclic) bond motifs is 5. The zero-order valence-corrected chi connectivity index (χ0v) is 10.4. The van der Waals surface area contributed by atoms with Crippen LogP contribution in [-0.4, -0.2) is 22.1 Å². The molecule has 2 aliphatic rings. The fraction of sp³-hybridized carbons (Fsp3) is 0.0667. The van der Waals surface area contributed by atoms with Crippen LogP contribution in [0.15, 0.2) is 48.5 Å². The molecule has 2 heterocycles. The predicted molar refractivity (Wildman–Crippen MR) is 70.4 cm³/mol. The van der Waals surface area contributed by atoms with Gasteiger partial charge in [-0.1, -0.05) is 30.3 Å². The monoisotopic (exact) mass is 266 g/mol. The minimum Gasteiger partial charge on any atom is -0.283 e. The molecule has 0 unspecified atom stereocenters. The van der Waals surface area contributed by atoms with E-state index in [1.54, 1.807) is 48.5 Å². The Labute approximate surface area is 114 Å². The van der Waals surface area contributed by atoms with Gasteiger partial charge in [0, 0.05) is 11.1 Å². The van der Waals surface area contributed by atoms with Crippen LogP contribution in [0.5, 0.6) is 0 Å². The van der Waals surface area contributed by atoms with Gasteiger partial charge in [-0.2, -0.15) is 5.06 Å². The number of hydroxylamine groups is 2. The molecular weight excluding hydrogens is 256 g/mol. The Morgan fingerprint density at radius 3 is 2.30 bits per heavy atom. The average Bonchev–Trinajstić information content (AvgIpc) is 2.79. The Morgan fingerprint density at radius 2 is 1.50 bits per heavy atom. The van der Waals surface area contributed by atoms with Crippen LogP contribution in [0.3, 0.4) is 0 Å². The summed E-state index contributed by atoms with van der Waals surface area (Å²) in [7, 11) is 0. The molecule has 2 amide bonds. The van der Waals surface area contributed by atoms with Gasteiger partial charge in [-0.3, -0.25) is 19.7 Å². The number of rotatable bonds is 0. The second kappa shape index (κ2) is 3.68. The van der Waals surface area contributed by atoms with Gasteiger partial charge in [0.25, 0.3) is 11.8 Å². The van der Waals surface area contributed by atoms with Crippen molar-refractivity contribution >= 4 is 17.5 Å². The van der Waals surface area contributed by atoms with E-state index in [4.69, 9.17) is 0 Å². The molecule has 2 aliphatic heterocycles. The van der Waals surface area contributed by atoms with Crippen molar-refractivity contribution in [1.82, 2.24) is 5.06 Å². The number of carbonyl (C=O) groups excluding carboxylic acids is 2. The number of hydrogen-bond donors (Lipinski definition) is 1. The Kier molecular flexibility index (Phi) is 2.06. The van der Waals surface area contributed by atoms with Gasteiger partial charge in [0.15, 0.2) is 6.17 Å². The van der Waals surface area contributed by atoms with Crippen LogP contribution >= 0.6 is 0 Å². The molecule has 5 heteroatoms. The summed E-state index contributed by atoms with van der Waals surface area (Å²) in [4.78, 5) is 26.2. The van der Waals surface area contributed by atoms with Crippen molar-refractivity contribution < 1.29 is 14.8 Å². The highest BCUT2D eigenvalue weighted by atomic mass is 16.5. The Morgan fingerprint density at radius 1 is 0.850 bits per heavy atom. The van der Waals surface area contributed by atoms with E-state index in [1.807, 2.05) is 0 Å². The van der Waals surface area contributed by atoms with Gasteiger partial charge in [0.1, 0.15) is 0 Å². The predicted octanol–water partition coefficient (Wildman–Crippen LogP) is 2.19. The third-order valence-electron chi connectivity index (χ3n) is 3.77. The van der Waals surface area contributed by atoms with E-state index in [2.05, 4.69) is 0 Å². The Balaban J connectivity index is 2.01. The van der Waals surface area contributed by atoms with E-state index >= 15 is 0 Å². The topological polar surface area (TPSA) is 60.9 Å². The van der Waals surface area contributed by atoms with Crippen LogP contribution in [0.4, 0.5) is 5.69 Å². The normalized spacial score (nSPS) is 19.8. The van der Waals surface area contributed by atoms with Crippen LogP contribution in [0.2, 0.25) is 0 Å². The summed E-state index contributed by atoms with van der Waals surface area (Å²) in [6, 6.07) is 13.8. The lowest BCUT2D eigenvalue weighted by atomic mass is 10.1. The zero-order chi connectivity index (χ0) is 13.9. The third-order valence-corrected chi connectivity index (χ3v) is 3.77. The zero-order valence-electron chi connectivity index (χ0n) is 10.4. The molecule has 0 saturated heterocycles. The summed E-state index contributed by atoms with van der Waals surface area (Å²) in [5, 5.41) is 10.8. The van der Waals surface area contributed by atoms with E-state index < -0.39 is 12.1 Å². The number of anilines is 1. The van der Waals surface area contributed by atoms with Crippen LogP contribution in [-0.2, 0) is 0 Å². The Bertz CT molecular complexity index is 756. The van der Waals surface area contributed by atoms with E-state index in [0.717, 1.165) is 0 Å². The summed E-state index contributed by atoms with van der Waals surface area (Å²) < 4.78 is 0.